The van der Waals surface area contributed by atoms with Gasteiger partial charge in [-0.3, -0.25) is 4.79 Å². The first-order chi connectivity index (χ1) is 11.1. The van der Waals surface area contributed by atoms with Crippen LogP contribution in [0, 0.1) is 34.0 Å². The molecule has 0 spiro atoms. The van der Waals surface area contributed by atoms with E-state index in [2.05, 4.69) is 40.7 Å². The molecule has 0 aromatic carbocycles. The van der Waals surface area contributed by atoms with Crippen molar-refractivity contribution >= 4 is 5.78 Å². The Balaban J connectivity index is 1.87. The third-order valence-corrected chi connectivity index (χ3v) is 8.60. The summed E-state index contributed by atoms with van der Waals surface area (Å²) in [4.78, 5) is 12.3. The van der Waals surface area contributed by atoms with Crippen LogP contribution in [0.2, 0.25) is 0 Å². The number of hydrogen-bond acceptors (Lipinski definition) is 2. The standard InChI is InChI=1S/C22H32O2/c1-13-11-22(5)17-6-7-19(24)20(17,3)9-8-18(22)21(4)12-14(2)16(23)10-15(13)21/h10-11,14,17-19,24H,6-9,12H2,1-5H3/t14-,17-,18-,19?,20+,21+,22+/m1/s1. The summed E-state index contributed by atoms with van der Waals surface area (Å²) in [6, 6.07) is 0. The fraction of sp³-hybridized carbons (Fsp3) is 0.773. The highest BCUT2D eigenvalue weighted by Crippen LogP contribution is 2.69. The van der Waals surface area contributed by atoms with Crippen molar-refractivity contribution in [1.82, 2.24) is 0 Å². The van der Waals surface area contributed by atoms with Gasteiger partial charge < -0.3 is 5.11 Å². The Hall–Kier alpha value is -0.890. The van der Waals surface area contributed by atoms with Gasteiger partial charge in [0.05, 0.1) is 6.10 Å². The highest BCUT2D eigenvalue weighted by Gasteiger charge is 2.63. The van der Waals surface area contributed by atoms with Crippen LogP contribution in [0.3, 0.4) is 0 Å². The van der Waals surface area contributed by atoms with E-state index in [1.165, 1.54) is 17.6 Å². The number of aliphatic hydroxyl groups excluding tert-OH is 1. The average Bonchev–Trinajstić information content (AvgIpc) is 2.79. The van der Waals surface area contributed by atoms with Crippen LogP contribution in [0.1, 0.15) is 66.7 Å². The first-order valence-electron chi connectivity index (χ1n) is 9.77. The van der Waals surface area contributed by atoms with Gasteiger partial charge in [0.15, 0.2) is 5.78 Å². The molecule has 0 bridgehead atoms. The maximum atomic E-state index is 12.3. The van der Waals surface area contributed by atoms with Gasteiger partial charge in [-0.2, -0.15) is 0 Å². The van der Waals surface area contributed by atoms with Gasteiger partial charge in [0.25, 0.3) is 0 Å². The summed E-state index contributed by atoms with van der Waals surface area (Å²) in [5.41, 5.74) is 2.92. The highest BCUT2D eigenvalue weighted by molar-refractivity contribution is 5.94. The largest absolute Gasteiger partial charge is 0.393 e. The molecule has 1 N–H and O–H groups in total. The zero-order valence-electron chi connectivity index (χ0n) is 15.9. The summed E-state index contributed by atoms with van der Waals surface area (Å²) in [5.74, 6) is 1.58. The normalized spacial score (nSPS) is 53.7. The van der Waals surface area contributed by atoms with Crippen LogP contribution in [0.5, 0.6) is 0 Å². The number of carbonyl (C=O) groups is 1. The number of hydrogen-bond donors (Lipinski definition) is 1. The summed E-state index contributed by atoms with van der Waals surface area (Å²) in [6.45, 7) is 11.5. The Bertz CT molecular complexity index is 659. The van der Waals surface area contributed by atoms with Crippen molar-refractivity contribution in [2.45, 2.75) is 72.8 Å². The van der Waals surface area contributed by atoms with E-state index in [1.807, 2.05) is 6.08 Å². The lowest BCUT2D eigenvalue weighted by Gasteiger charge is -2.62. The van der Waals surface area contributed by atoms with Gasteiger partial charge in [-0.1, -0.05) is 39.3 Å². The second-order valence-electron chi connectivity index (χ2n) is 9.92. The number of allylic oxidation sites excluding steroid dienone is 4. The van der Waals surface area contributed by atoms with Crippen molar-refractivity contribution in [2.75, 3.05) is 0 Å². The Morgan fingerprint density at radius 1 is 1.12 bits per heavy atom. The Kier molecular flexibility index (Phi) is 3.34. The molecule has 0 radical (unpaired) electrons. The van der Waals surface area contributed by atoms with E-state index in [4.69, 9.17) is 0 Å². The lowest BCUT2D eigenvalue weighted by atomic mass is 9.42. The van der Waals surface area contributed by atoms with E-state index in [1.54, 1.807) is 0 Å². The Labute approximate surface area is 146 Å². The average molecular weight is 328 g/mol. The van der Waals surface area contributed by atoms with Gasteiger partial charge in [0, 0.05) is 5.92 Å². The molecule has 2 fully saturated rings. The van der Waals surface area contributed by atoms with Crippen molar-refractivity contribution in [3.8, 4) is 0 Å². The number of carbonyl (C=O) groups excluding carboxylic acids is 1. The lowest BCUT2D eigenvalue weighted by molar-refractivity contribution is -0.123. The smallest absolute Gasteiger partial charge is 0.158 e. The molecule has 132 valence electrons. The molecule has 4 aliphatic rings. The summed E-state index contributed by atoms with van der Waals surface area (Å²) < 4.78 is 0. The van der Waals surface area contributed by atoms with E-state index in [9.17, 15) is 9.90 Å². The van der Waals surface area contributed by atoms with Gasteiger partial charge in [0.2, 0.25) is 0 Å². The lowest BCUT2D eigenvalue weighted by Crippen LogP contribution is -2.56. The van der Waals surface area contributed by atoms with Crippen molar-refractivity contribution in [3.05, 3.63) is 23.3 Å². The first-order valence-corrected chi connectivity index (χ1v) is 9.77. The molecular weight excluding hydrogens is 296 g/mol. The fourth-order valence-electron chi connectivity index (χ4n) is 7.53. The van der Waals surface area contributed by atoms with E-state index < -0.39 is 0 Å². The van der Waals surface area contributed by atoms with E-state index in [0.29, 0.717) is 17.6 Å². The molecule has 0 amide bonds. The van der Waals surface area contributed by atoms with Crippen molar-refractivity contribution in [2.24, 2.45) is 34.0 Å². The maximum absolute atomic E-state index is 12.3. The topological polar surface area (TPSA) is 37.3 Å². The predicted molar refractivity (Wildman–Crippen MR) is 96.4 cm³/mol. The van der Waals surface area contributed by atoms with Crippen molar-refractivity contribution in [1.29, 1.82) is 0 Å². The van der Waals surface area contributed by atoms with Crippen LogP contribution >= 0.6 is 0 Å². The quantitative estimate of drug-likeness (QED) is 0.701. The second kappa shape index (κ2) is 4.84. The van der Waals surface area contributed by atoms with Crippen LogP contribution in [0.15, 0.2) is 23.3 Å². The summed E-state index contributed by atoms with van der Waals surface area (Å²) in [5, 5.41) is 10.7. The predicted octanol–water partition coefficient (Wildman–Crippen LogP) is 4.68. The minimum absolute atomic E-state index is 0.0652. The zero-order valence-corrected chi connectivity index (χ0v) is 15.9. The Morgan fingerprint density at radius 3 is 2.54 bits per heavy atom. The third kappa shape index (κ3) is 1.84. The van der Waals surface area contributed by atoms with Crippen LogP contribution in [-0.4, -0.2) is 17.0 Å². The number of fused-ring (bicyclic) bond motifs is 5. The molecule has 7 atom stereocenters. The third-order valence-electron chi connectivity index (χ3n) is 8.60. The van der Waals surface area contributed by atoms with Crippen LogP contribution in [0.4, 0.5) is 0 Å². The minimum Gasteiger partial charge on any atom is -0.393 e. The van der Waals surface area contributed by atoms with E-state index in [-0.39, 0.29) is 28.3 Å². The van der Waals surface area contributed by atoms with Gasteiger partial charge in [-0.25, -0.2) is 0 Å². The fourth-order valence-corrected chi connectivity index (χ4v) is 7.53. The minimum atomic E-state index is -0.148. The number of aliphatic hydroxyl groups is 1. The van der Waals surface area contributed by atoms with Crippen LogP contribution in [0.25, 0.3) is 0 Å². The Morgan fingerprint density at radius 2 is 1.83 bits per heavy atom. The molecule has 2 nitrogen and oxygen atoms in total. The van der Waals surface area contributed by atoms with Crippen LogP contribution in [-0.2, 0) is 4.79 Å². The second-order valence-corrected chi connectivity index (χ2v) is 9.92. The van der Waals surface area contributed by atoms with Crippen molar-refractivity contribution < 1.29 is 9.90 Å². The molecule has 2 saturated carbocycles. The zero-order chi connectivity index (χ0) is 17.5. The maximum Gasteiger partial charge on any atom is 0.158 e. The molecule has 0 aliphatic heterocycles. The molecule has 0 heterocycles. The molecule has 0 aromatic heterocycles. The molecular formula is C22H32O2. The molecule has 0 aromatic rings. The van der Waals surface area contributed by atoms with E-state index >= 15 is 0 Å². The highest BCUT2D eigenvalue weighted by atomic mass is 16.3. The van der Waals surface area contributed by atoms with Gasteiger partial charge in [-0.15, -0.1) is 0 Å². The van der Waals surface area contributed by atoms with Gasteiger partial charge in [0.1, 0.15) is 0 Å². The summed E-state index contributed by atoms with van der Waals surface area (Å²) in [7, 11) is 0. The molecule has 24 heavy (non-hydrogen) atoms. The van der Waals surface area contributed by atoms with Gasteiger partial charge in [-0.05, 0) is 78.8 Å². The molecule has 4 rings (SSSR count). The summed E-state index contributed by atoms with van der Waals surface area (Å²) >= 11 is 0. The molecule has 1 unspecified atom stereocenters. The number of rotatable bonds is 0. The molecule has 2 heteroatoms. The first kappa shape index (κ1) is 16.6. The summed E-state index contributed by atoms with van der Waals surface area (Å²) in [6.07, 6.45) is 9.64. The van der Waals surface area contributed by atoms with E-state index in [0.717, 1.165) is 25.7 Å². The number of ketones is 1. The molecule has 0 saturated heterocycles. The molecule has 4 aliphatic carbocycles. The van der Waals surface area contributed by atoms with Crippen LogP contribution < -0.4 is 0 Å². The SMILES string of the molecule is CC1=C[C@]2(C)[C@H](CC[C@]3(C)C(O)CC[C@@H]23)[C@@]2(C)C[C@@H](C)C(=O)C=C12. The van der Waals surface area contributed by atoms with Gasteiger partial charge >= 0.3 is 0 Å². The monoisotopic (exact) mass is 328 g/mol. The van der Waals surface area contributed by atoms with Crippen molar-refractivity contribution in [3.63, 3.8) is 0 Å².